The largest absolute Gasteiger partial charge is 0.461 e. The number of esters is 1. The summed E-state index contributed by atoms with van der Waals surface area (Å²) in [5.41, 5.74) is 2.28. The molecule has 0 radical (unpaired) electrons. The van der Waals surface area contributed by atoms with Gasteiger partial charge in [0.2, 0.25) is 5.91 Å². The Balaban J connectivity index is 1.84. The highest BCUT2D eigenvalue weighted by molar-refractivity contribution is 5.86. The van der Waals surface area contributed by atoms with Gasteiger partial charge in [0.15, 0.2) is 5.69 Å². The number of amides is 1. The van der Waals surface area contributed by atoms with Crippen molar-refractivity contribution in [2.24, 2.45) is 0 Å². The van der Waals surface area contributed by atoms with E-state index in [1.54, 1.807) is 6.92 Å². The lowest BCUT2D eigenvalue weighted by molar-refractivity contribution is -0.122. The molecule has 1 N–H and O–H groups in total. The number of aryl methyl sites for hydroxylation is 1. The van der Waals surface area contributed by atoms with Crippen LogP contribution in [0.1, 0.15) is 28.5 Å². The zero-order valence-corrected chi connectivity index (χ0v) is 12.6. The van der Waals surface area contributed by atoms with Crippen LogP contribution in [0.2, 0.25) is 0 Å². The minimum atomic E-state index is -0.547. The van der Waals surface area contributed by atoms with Gasteiger partial charge >= 0.3 is 5.97 Å². The average molecular weight is 302 g/mol. The van der Waals surface area contributed by atoms with Crippen molar-refractivity contribution in [3.8, 4) is 0 Å². The second kappa shape index (κ2) is 7.35. The van der Waals surface area contributed by atoms with Crippen molar-refractivity contribution in [1.29, 1.82) is 0 Å². The van der Waals surface area contributed by atoms with Gasteiger partial charge in [0.25, 0.3) is 0 Å². The van der Waals surface area contributed by atoms with E-state index in [1.807, 2.05) is 31.2 Å². The third-order valence-electron chi connectivity index (χ3n) is 2.94. The van der Waals surface area contributed by atoms with Crippen LogP contribution in [-0.4, -0.2) is 33.5 Å². The summed E-state index contributed by atoms with van der Waals surface area (Å²) in [7, 11) is 0. The van der Waals surface area contributed by atoms with E-state index in [0.717, 1.165) is 5.56 Å². The number of ether oxygens (including phenoxy) is 1. The van der Waals surface area contributed by atoms with Crippen LogP contribution >= 0.6 is 0 Å². The molecule has 0 atom stereocenters. The molecular formula is C15H18N4O3. The second-order valence-electron chi connectivity index (χ2n) is 4.78. The Kier molecular flexibility index (Phi) is 5.24. The van der Waals surface area contributed by atoms with E-state index in [9.17, 15) is 9.59 Å². The lowest BCUT2D eigenvalue weighted by atomic mass is 10.1. The number of benzene rings is 1. The maximum atomic E-state index is 11.8. The molecule has 0 saturated heterocycles. The molecule has 22 heavy (non-hydrogen) atoms. The molecule has 0 unspecified atom stereocenters. The maximum Gasteiger partial charge on any atom is 0.360 e. The summed E-state index contributed by atoms with van der Waals surface area (Å²) in [6.07, 6.45) is 1.39. The molecule has 0 spiro atoms. The van der Waals surface area contributed by atoms with Crippen LogP contribution in [-0.2, 0) is 22.6 Å². The Bertz CT molecular complexity index is 649. The number of carbonyl (C=O) groups is 2. The van der Waals surface area contributed by atoms with Crippen LogP contribution in [0.4, 0.5) is 0 Å². The van der Waals surface area contributed by atoms with Crippen molar-refractivity contribution in [2.75, 3.05) is 6.61 Å². The average Bonchev–Trinajstić information content (AvgIpc) is 2.95. The van der Waals surface area contributed by atoms with E-state index in [1.165, 1.54) is 16.4 Å². The molecule has 0 aliphatic carbocycles. The molecule has 1 aromatic carbocycles. The van der Waals surface area contributed by atoms with Gasteiger partial charge in [-0.05, 0) is 19.4 Å². The molecular weight excluding hydrogens is 284 g/mol. The van der Waals surface area contributed by atoms with E-state index in [2.05, 4.69) is 15.6 Å². The number of hydrogen-bond acceptors (Lipinski definition) is 5. The van der Waals surface area contributed by atoms with E-state index >= 15 is 0 Å². The van der Waals surface area contributed by atoms with Gasteiger partial charge < -0.3 is 10.1 Å². The molecule has 7 nitrogen and oxygen atoms in total. The summed E-state index contributed by atoms with van der Waals surface area (Å²) in [5.74, 6) is -0.755. The Morgan fingerprint density at radius 3 is 2.68 bits per heavy atom. The summed E-state index contributed by atoms with van der Waals surface area (Å²) in [6.45, 7) is 4.43. The number of hydrogen-bond donors (Lipinski definition) is 1. The van der Waals surface area contributed by atoms with Crippen molar-refractivity contribution in [3.63, 3.8) is 0 Å². The predicted molar refractivity (Wildman–Crippen MR) is 79.0 cm³/mol. The molecule has 1 heterocycles. The quantitative estimate of drug-likeness (QED) is 0.807. The molecule has 116 valence electrons. The first-order valence-corrected chi connectivity index (χ1v) is 6.98. The summed E-state index contributed by atoms with van der Waals surface area (Å²) in [6, 6.07) is 7.91. The van der Waals surface area contributed by atoms with Crippen molar-refractivity contribution >= 4 is 11.9 Å². The molecule has 0 aliphatic heterocycles. The SMILES string of the molecule is CCOC(=O)c1cn(CC(=O)NCc2ccc(C)cc2)nn1. The molecule has 1 amide bonds. The topological polar surface area (TPSA) is 86.1 Å². The third kappa shape index (κ3) is 4.41. The molecule has 0 aliphatic rings. The molecule has 0 saturated carbocycles. The summed E-state index contributed by atoms with van der Waals surface area (Å²) in [5, 5.41) is 10.2. The van der Waals surface area contributed by atoms with Gasteiger partial charge in [0, 0.05) is 6.54 Å². The van der Waals surface area contributed by atoms with Crippen molar-refractivity contribution in [2.45, 2.75) is 26.9 Å². The summed E-state index contributed by atoms with van der Waals surface area (Å²) in [4.78, 5) is 23.3. The molecule has 7 heteroatoms. The summed E-state index contributed by atoms with van der Waals surface area (Å²) < 4.78 is 6.11. The van der Waals surface area contributed by atoms with Crippen molar-refractivity contribution in [3.05, 3.63) is 47.3 Å². The first-order chi connectivity index (χ1) is 10.6. The van der Waals surface area contributed by atoms with E-state index in [0.29, 0.717) is 6.54 Å². The van der Waals surface area contributed by atoms with Gasteiger partial charge in [0.1, 0.15) is 6.54 Å². The van der Waals surface area contributed by atoms with Crippen molar-refractivity contribution in [1.82, 2.24) is 20.3 Å². The lowest BCUT2D eigenvalue weighted by Crippen LogP contribution is -2.27. The zero-order chi connectivity index (χ0) is 15.9. The fourth-order valence-electron chi connectivity index (χ4n) is 1.78. The van der Waals surface area contributed by atoms with Gasteiger partial charge in [-0.25, -0.2) is 9.48 Å². The highest BCUT2D eigenvalue weighted by Gasteiger charge is 2.12. The third-order valence-corrected chi connectivity index (χ3v) is 2.94. The van der Waals surface area contributed by atoms with Crippen LogP contribution < -0.4 is 5.32 Å². The zero-order valence-electron chi connectivity index (χ0n) is 12.6. The first kappa shape index (κ1) is 15.7. The fourth-order valence-corrected chi connectivity index (χ4v) is 1.78. The number of carbonyl (C=O) groups excluding carboxylic acids is 2. The molecule has 2 aromatic rings. The second-order valence-corrected chi connectivity index (χ2v) is 4.78. The first-order valence-electron chi connectivity index (χ1n) is 6.98. The monoisotopic (exact) mass is 302 g/mol. The Hall–Kier alpha value is -2.70. The predicted octanol–water partition coefficient (Wildman–Crippen LogP) is 1.08. The summed E-state index contributed by atoms with van der Waals surface area (Å²) >= 11 is 0. The Labute approximate surface area is 128 Å². The van der Waals surface area contributed by atoms with Gasteiger partial charge in [-0.15, -0.1) is 5.10 Å². The minimum Gasteiger partial charge on any atom is -0.461 e. The lowest BCUT2D eigenvalue weighted by Gasteiger charge is -2.05. The number of nitrogens with zero attached hydrogens (tertiary/aromatic N) is 3. The van der Waals surface area contributed by atoms with Gasteiger partial charge in [0.05, 0.1) is 12.8 Å². The molecule has 0 fully saturated rings. The van der Waals surface area contributed by atoms with Crippen LogP contribution in [0.3, 0.4) is 0 Å². The molecule has 1 aromatic heterocycles. The van der Waals surface area contributed by atoms with E-state index in [4.69, 9.17) is 4.74 Å². The van der Waals surface area contributed by atoms with Gasteiger partial charge in [-0.1, -0.05) is 35.0 Å². The van der Waals surface area contributed by atoms with Crippen LogP contribution in [0, 0.1) is 6.92 Å². The van der Waals surface area contributed by atoms with Gasteiger partial charge in [-0.2, -0.15) is 0 Å². The van der Waals surface area contributed by atoms with Gasteiger partial charge in [-0.3, -0.25) is 4.79 Å². The van der Waals surface area contributed by atoms with Crippen LogP contribution in [0.5, 0.6) is 0 Å². The number of aromatic nitrogens is 3. The normalized spacial score (nSPS) is 10.3. The van der Waals surface area contributed by atoms with Crippen molar-refractivity contribution < 1.29 is 14.3 Å². The van der Waals surface area contributed by atoms with Crippen LogP contribution in [0.15, 0.2) is 30.5 Å². The minimum absolute atomic E-state index is 0.00172. The number of rotatable bonds is 6. The Morgan fingerprint density at radius 1 is 1.27 bits per heavy atom. The highest BCUT2D eigenvalue weighted by atomic mass is 16.5. The smallest absolute Gasteiger partial charge is 0.360 e. The molecule has 2 rings (SSSR count). The molecule has 0 bridgehead atoms. The standard InChI is InChI=1S/C15H18N4O3/c1-3-22-15(21)13-9-19(18-17-13)10-14(20)16-8-12-6-4-11(2)5-7-12/h4-7,9H,3,8,10H2,1-2H3,(H,16,20). The van der Waals surface area contributed by atoms with Crippen LogP contribution in [0.25, 0.3) is 0 Å². The highest BCUT2D eigenvalue weighted by Crippen LogP contribution is 2.02. The number of nitrogens with one attached hydrogen (secondary N) is 1. The Morgan fingerprint density at radius 2 is 2.00 bits per heavy atom. The van der Waals surface area contributed by atoms with E-state index in [-0.39, 0.29) is 24.8 Å². The fraction of sp³-hybridized carbons (Fsp3) is 0.333. The van der Waals surface area contributed by atoms with E-state index < -0.39 is 5.97 Å². The maximum absolute atomic E-state index is 11.8.